The number of nitrogens with one attached hydrogen (secondary N) is 1. The van der Waals surface area contributed by atoms with Crippen LogP contribution in [0.15, 0.2) is 53.2 Å². The smallest absolute Gasteiger partial charge is 0.227 e. The van der Waals surface area contributed by atoms with E-state index in [4.69, 9.17) is 10.3 Å². The lowest BCUT2D eigenvalue weighted by atomic mass is 9.99. The van der Waals surface area contributed by atoms with Gasteiger partial charge in [-0.2, -0.15) is 4.98 Å². The van der Waals surface area contributed by atoms with E-state index in [1.54, 1.807) is 12.3 Å². The van der Waals surface area contributed by atoms with Gasteiger partial charge in [-0.3, -0.25) is 9.78 Å². The molecule has 0 saturated heterocycles. The molecular formula is C21H27Cl2N5O2. The van der Waals surface area contributed by atoms with Crippen molar-refractivity contribution in [1.29, 1.82) is 0 Å². The molecule has 0 aliphatic heterocycles. The van der Waals surface area contributed by atoms with Crippen LogP contribution in [0.4, 0.5) is 0 Å². The maximum Gasteiger partial charge on any atom is 0.227 e. The van der Waals surface area contributed by atoms with Crippen molar-refractivity contribution < 1.29 is 9.32 Å². The van der Waals surface area contributed by atoms with Crippen LogP contribution in [0.5, 0.6) is 0 Å². The van der Waals surface area contributed by atoms with Gasteiger partial charge in [0.05, 0.1) is 0 Å². The molecule has 1 amide bonds. The SMILES string of the molecule is CC(C)c1ccc(C(N)CNC(=O)CCc2nc(-c3ccccn3)no2)cc1.Cl.Cl. The number of pyridine rings is 1. The summed E-state index contributed by atoms with van der Waals surface area (Å²) >= 11 is 0. The van der Waals surface area contributed by atoms with Crippen molar-refractivity contribution in [3.05, 3.63) is 65.7 Å². The van der Waals surface area contributed by atoms with Crippen LogP contribution in [-0.2, 0) is 11.2 Å². The summed E-state index contributed by atoms with van der Waals surface area (Å²) < 4.78 is 5.19. The van der Waals surface area contributed by atoms with E-state index >= 15 is 0 Å². The largest absolute Gasteiger partial charge is 0.354 e. The Morgan fingerprint density at radius 2 is 1.80 bits per heavy atom. The number of nitrogens with two attached hydrogens (primary N) is 1. The molecule has 7 nitrogen and oxygen atoms in total. The lowest BCUT2D eigenvalue weighted by Gasteiger charge is -2.14. The molecule has 3 rings (SSSR count). The average molecular weight is 452 g/mol. The van der Waals surface area contributed by atoms with Crippen molar-refractivity contribution in [2.45, 2.75) is 38.6 Å². The van der Waals surface area contributed by atoms with Crippen LogP contribution in [0.1, 0.15) is 49.2 Å². The van der Waals surface area contributed by atoms with E-state index < -0.39 is 0 Å². The summed E-state index contributed by atoms with van der Waals surface area (Å²) in [7, 11) is 0. The summed E-state index contributed by atoms with van der Waals surface area (Å²) in [6, 6.07) is 13.4. The highest BCUT2D eigenvalue weighted by Crippen LogP contribution is 2.17. The molecule has 0 aliphatic carbocycles. The molecule has 1 unspecified atom stereocenters. The molecule has 2 aromatic heterocycles. The third-order valence-corrected chi connectivity index (χ3v) is 4.48. The van der Waals surface area contributed by atoms with Crippen LogP contribution in [-0.4, -0.2) is 27.6 Å². The molecular weight excluding hydrogens is 425 g/mol. The van der Waals surface area contributed by atoms with Gasteiger partial charge in [-0.25, -0.2) is 0 Å². The minimum atomic E-state index is -0.246. The molecule has 0 radical (unpaired) electrons. The molecule has 162 valence electrons. The molecule has 0 fully saturated rings. The first kappa shape index (κ1) is 25.6. The summed E-state index contributed by atoms with van der Waals surface area (Å²) in [4.78, 5) is 20.5. The Balaban J connectivity index is 0.00000225. The lowest BCUT2D eigenvalue weighted by Crippen LogP contribution is -2.32. The third kappa shape index (κ3) is 7.09. The van der Waals surface area contributed by atoms with Crippen LogP contribution in [0.3, 0.4) is 0 Å². The molecule has 3 N–H and O–H groups in total. The number of aryl methyl sites for hydroxylation is 1. The van der Waals surface area contributed by atoms with Crippen molar-refractivity contribution in [3.63, 3.8) is 0 Å². The Bertz CT molecular complexity index is 901. The Labute approximate surface area is 188 Å². The summed E-state index contributed by atoms with van der Waals surface area (Å²) in [5, 5.41) is 6.76. The van der Waals surface area contributed by atoms with Crippen LogP contribution >= 0.6 is 24.8 Å². The molecule has 0 aliphatic rings. The predicted molar refractivity (Wildman–Crippen MR) is 121 cm³/mol. The van der Waals surface area contributed by atoms with Gasteiger partial charge in [0, 0.05) is 31.6 Å². The molecule has 1 aromatic carbocycles. The fourth-order valence-electron chi connectivity index (χ4n) is 2.73. The number of nitrogens with zero attached hydrogens (tertiary/aromatic N) is 3. The van der Waals surface area contributed by atoms with E-state index in [2.05, 4.69) is 46.4 Å². The molecule has 3 aromatic rings. The van der Waals surface area contributed by atoms with Gasteiger partial charge in [0.25, 0.3) is 0 Å². The second kappa shape index (κ2) is 12.3. The number of amides is 1. The summed E-state index contributed by atoms with van der Waals surface area (Å²) in [6.07, 6.45) is 2.28. The Kier molecular flexibility index (Phi) is 10.5. The molecule has 1 atom stereocenters. The number of rotatable bonds is 8. The zero-order chi connectivity index (χ0) is 19.9. The van der Waals surface area contributed by atoms with E-state index in [1.807, 2.05) is 24.3 Å². The van der Waals surface area contributed by atoms with Gasteiger partial charge in [0.1, 0.15) is 5.69 Å². The number of carbonyl (C=O) groups excluding carboxylic acids is 1. The van der Waals surface area contributed by atoms with Crippen LogP contribution in [0.2, 0.25) is 0 Å². The van der Waals surface area contributed by atoms with Crippen molar-refractivity contribution in [1.82, 2.24) is 20.4 Å². The minimum Gasteiger partial charge on any atom is -0.354 e. The van der Waals surface area contributed by atoms with Crippen LogP contribution < -0.4 is 11.1 Å². The van der Waals surface area contributed by atoms with Gasteiger partial charge >= 0.3 is 0 Å². The highest BCUT2D eigenvalue weighted by Gasteiger charge is 2.13. The molecule has 0 saturated carbocycles. The predicted octanol–water partition coefficient (Wildman–Crippen LogP) is 3.85. The number of hydrogen-bond donors (Lipinski definition) is 2. The number of hydrogen-bond acceptors (Lipinski definition) is 6. The summed E-state index contributed by atoms with van der Waals surface area (Å²) in [5.74, 6) is 1.20. The second-order valence-electron chi connectivity index (χ2n) is 6.96. The molecule has 0 bridgehead atoms. The quantitative estimate of drug-likeness (QED) is 0.538. The summed E-state index contributed by atoms with van der Waals surface area (Å²) in [6.45, 7) is 4.68. The Morgan fingerprint density at radius 1 is 1.10 bits per heavy atom. The Hall–Kier alpha value is -2.48. The number of halogens is 2. The van der Waals surface area contributed by atoms with Gasteiger partial charge in [0.2, 0.25) is 17.6 Å². The lowest BCUT2D eigenvalue weighted by molar-refractivity contribution is -0.121. The van der Waals surface area contributed by atoms with Crippen LogP contribution in [0, 0.1) is 0 Å². The van der Waals surface area contributed by atoms with Gasteiger partial charge in [0.15, 0.2) is 0 Å². The molecule has 2 heterocycles. The van der Waals surface area contributed by atoms with Gasteiger partial charge in [-0.05, 0) is 29.2 Å². The molecule has 30 heavy (non-hydrogen) atoms. The first-order chi connectivity index (χ1) is 13.5. The summed E-state index contributed by atoms with van der Waals surface area (Å²) in [5.41, 5.74) is 9.09. The maximum atomic E-state index is 12.1. The number of benzene rings is 1. The fourth-order valence-corrected chi connectivity index (χ4v) is 2.73. The standard InChI is InChI=1S/C21H25N5O2.2ClH/c1-14(2)15-6-8-16(9-7-15)17(22)13-24-19(27)10-11-20-25-21(26-28-20)18-5-3-4-12-23-18;;/h3-9,12,14,17H,10-11,13,22H2,1-2H3,(H,24,27);2*1H. The van der Waals surface area contributed by atoms with E-state index in [-0.39, 0.29) is 43.2 Å². The number of carbonyl (C=O) groups is 1. The van der Waals surface area contributed by atoms with Crippen molar-refractivity contribution in [2.24, 2.45) is 5.73 Å². The van der Waals surface area contributed by atoms with E-state index in [9.17, 15) is 4.79 Å². The monoisotopic (exact) mass is 451 g/mol. The minimum absolute atomic E-state index is 0. The van der Waals surface area contributed by atoms with Gasteiger partial charge in [-0.15, -0.1) is 24.8 Å². The average Bonchev–Trinajstić information content (AvgIpc) is 3.20. The zero-order valence-corrected chi connectivity index (χ0v) is 18.6. The van der Waals surface area contributed by atoms with Crippen molar-refractivity contribution in [2.75, 3.05) is 6.54 Å². The normalized spacial score (nSPS) is 11.3. The maximum absolute atomic E-state index is 12.1. The molecule has 0 spiro atoms. The fraction of sp³-hybridized carbons (Fsp3) is 0.333. The first-order valence-electron chi connectivity index (χ1n) is 9.39. The van der Waals surface area contributed by atoms with E-state index in [0.717, 1.165) is 5.56 Å². The third-order valence-electron chi connectivity index (χ3n) is 4.48. The van der Waals surface area contributed by atoms with Crippen LogP contribution in [0.25, 0.3) is 11.5 Å². The Morgan fingerprint density at radius 3 is 2.43 bits per heavy atom. The first-order valence-corrected chi connectivity index (χ1v) is 9.39. The highest BCUT2D eigenvalue weighted by molar-refractivity contribution is 5.85. The molecule has 9 heteroatoms. The zero-order valence-electron chi connectivity index (χ0n) is 16.9. The van der Waals surface area contributed by atoms with Crippen molar-refractivity contribution >= 4 is 30.7 Å². The topological polar surface area (TPSA) is 107 Å². The highest BCUT2D eigenvalue weighted by atomic mass is 35.5. The van der Waals surface area contributed by atoms with Gasteiger partial charge < -0.3 is 15.6 Å². The second-order valence-corrected chi connectivity index (χ2v) is 6.96. The van der Waals surface area contributed by atoms with Gasteiger partial charge in [-0.1, -0.05) is 49.3 Å². The van der Waals surface area contributed by atoms with E-state index in [1.165, 1.54) is 5.56 Å². The van der Waals surface area contributed by atoms with E-state index in [0.29, 0.717) is 36.3 Å². The number of aromatic nitrogens is 3. The van der Waals surface area contributed by atoms with Crippen molar-refractivity contribution in [3.8, 4) is 11.5 Å².